The van der Waals surface area contributed by atoms with Crippen LogP contribution in [0.3, 0.4) is 0 Å². The van der Waals surface area contributed by atoms with E-state index >= 15 is 0 Å². The van der Waals surface area contributed by atoms with Gasteiger partial charge < -0.3 is 4.74 Å². The Kier molecular flexibility index (Phi) is 5.77. The molecular formula is C13H19BrO. The zero-order valence-electron chi connectivity index (χ0n) is 9.50. The molecule has 15 heavy (non-hydrogen) atoms. The van der Waals surface area contributed by atoms with Crippen molar-refractivity contribution < 1.29 is 4.74 Å². The molecule has 0 saturated carbocycles. The summed E-state index contributed by atoms with van der Waals surface area (Å²) in [5.41, 5.74) is 1.26. The first-order chi connectivity index (χ1) is 7.22. The highest BCUT2D eigenvalue weighted by Gasteiger charge is 1.97. The number of benzene rings is 1. The van der Waals surface area contributed by atoms with Crippen LogP contribution in [0.4, 0.5) is 0 Å². The van der Waals surface area contributed by atoms with Gasteiger partial charge in [-0.15, -0.1) is 0 Å². The molecule has 0 saturated heterocycles. The van der Waals surface area contributed by atoms with Crippen molar-refractivity contribution in [1.82, 2.24) is 0 Å². The van der Waals surface area contributed by atoms with E-state index in [4.69, 9.17) is 4.74 Å². The van der Waals surface area contributed by atoms with E-state index < -0.39 is 0 Å². The maximum absolute atomic E-state index is 5.68. The predicted molar refractivity (Wildman–Crippen MR) is 68.6 cm³/mol. The van der Waals surface area contributed by atoms with Crippen LogP contribution in [0.2, 0.25) is 0 Å². The minimum atomic E-state index is 0.766. The molecule has 0 heterocycles. The molecule has 0 aliphatic carbocycles. The highest BCUT2D eigenvalue weighted by molar-refractivity contribution is 9.08. The molecule has 0 atom stereocenters. The zero-order valence-corrected chi connectivity index (χ0v) is 11.1. The second-order valence-corrected chi connectivity index (χ2v) is 4.73. The summed E-state index contributed by atoms with van der Waals surface area (Å²) in [4.78, 5) is 0. The minimum absolute atomic E-state index is 0.766. The third kappa shape index (κ3) is 5.22. The summed E-state index contributed by atoms with van der Waals surface area (Å²) in [5, 5.41) is 0.885. The van der Waals surface area contributed by atoms with Gasteiger partial charge in [-0.05, 0) is 36.5 Å². The maximum Gasteiger partial charge on any atom is 0.119 e. The molecule has 0 N–H and O–H groups in total. The second-order valence-electron chi connectivity index (χ2n) is 4.17. The monoisotopic (exact) mass is 270 g/mol. The van der Waals surface area contributed by atoms with E-state index in [9.17, 15) is 0 Å². The van der Waals surface area contributed by atoms with E-state index in [-0.39, 0.29) is 0 Å². The molecule has 1 aromatic rings. The molecule has 1 nitrogen and oxygen atoms in total. The largest absolute Gasteiger partial charge is 0.494 e. The molecule has 1 aromatic carbocycles. The Labute approximate surface area is 101 Å². The maximum atomic E-state index is 5.68. The lowest BCUT2D eigenvalue weighted by Gasteiger charge is -2.08. The number of rotatable bonds is 6. The number of hydrogen-bond acceptors (Lipinski definition) is 1. The van der Waals surface area contributed by atoms with Crippen molar-refractivity contribution >= 4 is 15.9 Å². The van der Waals surface area contributed by atoms with Gasteiger partial charge in [0.1, 0.15) is 5.75 Å². The van der Waals surface area contributed by atoms with Crippen LogP contribution in [0.1, 0.15) is 32.3 Å². The van der Waals surface area contributed by atoms with E-state index in [2.05, 4.69) is 41.9 Å². The van der Waals surface area contributed by atoms with Gasteiger partial charge in [-0.25, -0.2) is 0 Å². The lowest BCUT2D eigenvalue weighted by Crippen LogP contribution is -1.99. The Morgan fingerprint density at radius 1 is 1.33 bits per heavy atom. The molecule has 0 radical (unpaired) electrons. The summed E-state index contributed by atoms with van der Waals surface area (Å²) < 4.78 is 5.68. The molecule has 1 rings (SSSR count). The fourth-order valence-corrected chi connectivity index (χ4v) is 1.75. The molecule has 0 bridgehead atoms. The van der Waals surface area contributed by atoms with Crippen LogP contribution in [0.25, 0.3) is 0 Å². The standard InChI is InChI=1S/C13H19BrO/c1-11(2)5-4-8-15-13-7-3-6-12(9-13)10-14/h3,6-7,9,11H,4-5,8,10H2,1-2H3. The molecular weight excluding hydrogens is 252 g/mol. The van der Waals surface area contributed by atoms with Crippen LogP contribution in [-0.2, 0) is 5.33 Å². The van der Waals surface area contributed by atoms with E-state index in [1.165, 1.54) is 12.0 Å². The van der Waals surface area contributed by atoms with Crippen LogP contribution in [0.15, 0.2) is 24.3 Å². The van der Waals surface area contributed by atoms with E-state index in [0.717, 1.165) is 30.0 Å². The third-order valence-electron chi connectivity index (χ3n) is 2.25. The normalized spacial score (nSPS) is 10.7. The van der Waals surface area contributed by atoms with Crippen LogP contribution in [0.5, 0.6) is 5.75 Å². The smallest absolute Gasteiger partial charge is 0.119 e. The summed E-state index contributed by atoms with van der Waals surface area (Å²) in [6.45, 7) is 5.31. The number of halogens is 1. The van der Waals surface area contributed by atoms with E-state index in [1.54, 1.807) is 0 Å². The lowest BCUT2D eigenvalue weighted by molar-refractivity contribution is 0.297. The molecule has 0 unspecified atom stereocenters. The summed E-state index contributed by atoms with van der Waals surface area (Å²) in [5.74, 6) is 1.75. The average molecular weight is 271 g/mol. The molecule has 2 heteroatoms. The Bertz CT molecular complexity index is 284. The number of alkyl halides is 1. The minimum Gasteiger partial charge on any atom is -0.494 e. The second kappa shape index (κ2) is 6.89. The Balaban J connectivity index is 2.30. The Morgan fingerprint density at radius 3 is 2.80 bits per heavy atom. The van der Waals surface area contributed by atoms with Gasteiger partial charge in [-0.1, -0.05) is 41.9 Å². The van der Waals surface area contributed by atoms with Gasteiger partial charge in [0.15, 0.2) is 0 Å². The van der Waals surface area contributed by atoms with Gasteiger partial charge in [0.25, 0.3) is 0 Å². The fraction of sp³-hybridized carbons (Fsp3) is 0.538. The van der Waals surface area contributed by atoms with Gasteiger partial charge in [-0.2, -0.15) is 0 Å². The Morgan fingerprint density at radius 2 is 2.13 bits per heavy atom. The summed E-state index contributed by atoms with van der Waals surface area (Å²) >= 11 is 3.44. The number of ether oxygens (including phenoxy) is 1. The summed E-state index contributed by atoms with van der Waals surface area (Å²) in [6, 6.07) is 8.23. The van der Waals surface area contributed by atoms with Crippen LogP contribution in [-0.4, -0.2) is 6.61 Å². The third-order valence-corrected chi connectivity index (χ3v) is 2.89. The fourth-order valence-electron chi connectivity index (χ4n) is 1.40. The van der Waals surface area contributed by atoms with Crippen molar-refractivity contribution in [3.8, 4) is 5.75 Å². The average Bonchev–Trinajstić information content (AvgIpc) is 2.24. The van der Waals surface area contributed by atoms with Gasteiger partial charge in [0, 0.05) is 5.33 Å². The van der Waals surface area contributed by atoms with Gasteiger partial charge in [0.05, 0.1) is 6.61 Å². The van der Waals surface area contributed by atoms with Crippen molar-refractivity contribution in [1.29, 1.82) is 0 Å². The highest BCUT2D eigenvalue weighted by Crippen LogP contribution is 2.16. The Hall–Kier alpha value is -0.500. The molecule has 0 aromatic heterocycles. The van der Waals surface area contributed by atoms with Gasteiger partial charge >= 0.3 is 0 Å². The summed E-state index contributed by atoms with van der Waals surface area (Å²) in [6.07, 6.45) is 2.37. The van der Waals surface area contributed by atoms with Crippen LogP contribution in [0, 0.1) is 5.92 Å². The number of hydrogen-bond donors (Lipinski definition) is 0. The van der Waals surface area contributed by atoms with Gasteiger partial charge in [0.2, 0.25) is 0 Å². The lowest BCUT2D eigenvalue weighted by atomic mass is 10.1. The zero-order chi connectivity index (χ0) is 11.1. The quantitative estimate of drug-likeness (QED) is 0.550. The first kappa shape index (κ1) is 12.6. The molecule has 84 valence electrons. The van der Waals surface area contributed by atoms with E-state index in [0.29, 0.717) is 0 Å². The van der Waals surface area contributed by atoms with Crippen molar-refractivity contribution in [3.63, 3.8) is 0 Å². The predicted octanol–water partition coefficient (Wildman–Crippen LogP) is 4.40. The molecule has 0 spiro atoms. The topological polar surface area (TPSA) is 9.23 Å². The van der Waals surface area contributed by atoms with Crippen LogP contribution >= 0.6 is 15.9 Å². The SMILES string of the molecule is CC(C)CCCOc1cccc(CBr)c1. The van der Waals surface area contributed by atoms with Crippen molar-refractivity contribution in [2.24, 2.45) is 5.92 Å². The van der Waals surface area contributed by atoms with Crippen LogP contribution < -0.4 is 4.74 Å². The van der Waals surface area contributed by atoms with Gasteiger partial charge in [-0.3, -0.25) is 0 Å². The first-order valence-corrected chi connectivity index (χ1v) is 6.62. The van der Waals surface area contributed by atoms with E-state index in [1.807, 2.05) is 12.1 Å². The first-order valence-electron chi connectivity index (χ1n) is 5.50. The van der Waals surface area contributed by atoms with Crippen molar-refractivity contribution in [3.05, 3.63) is 29.8 Å². The van der Waals surface area contributed by atoms with Crippen molar-refractivity contribution in [2.75, 3.05) is 6.61 Å². The highest BCUT2D eigenvalue weighted by atomic mass is 79.9. The van der Waals surface area contributed by atoms with Crippen molar-refractivity contribution in [2.45, 2.75) is 32.0 Å². The molecule has 0 amide bonds. The molecule has 0 fully saturated rings. The summed E-state index contributed by atoms with van der Waals surface area (Å²) in [7, 11) is 0. The molecule has 0 aliphatic heterocycles. The molecule has 0 aliphatic rings.